The van der Waals surface area contributed by atoms with Crippen LogP contribution in [0.5, 0.6) is 0 Å². The number of likely N-dealkylation sites (tertiary alicyclic amines) is 1. The number of H-pyrrole nitrogens is 1. The van der Waals surface area contributed by atoms with Gasteiger partial charge in [0.1, 0.15) is 5.52 Å². The SMILES string of the molecule is Cc1cn2nc(C(=O)N3CCC(NC(=O)c4sccc4C)CC3)cc2c(=O)[nH]1. The Bertz CT molecular complexity index is 1100. The van der Waals surface area contributed by atoms with Gasteiger partial charge in [0.25, 0.3) is 17.4 Å². The zero-order valence-electron chi connectivity index (χ0n) is 15.7. The molecule has 146 valence electrons. The average molecular weight is 399 g/mol. The molecule has 0 unspecified atom stereocenters. The van der Waals surface area contributed by atoms with Crippen LogP contribution in [0.25, 0.3) is 5.52 Å². The third kappa shape index (κ3) is 3.45. The fourth-order valence-corrected chi connectivity index (χ4v) is 4.30. The van der Waals surface area contributed by atoms with Gasteiger partial charge in [-0.25, -0.2) is 4.52 Å². The largest absolute Gasteiger partial charge is 0.348 e. The summed E-state index contributed by atoms with van der Waals surface area (Å²) in [6, 6.07) is 3.50. The molecule has 1 aliphatic heterocycles. The number of hydrogen-bond donors (Lipinski definition) is 2. The summed E-state index contributed by atoms with van der Waals surface area (Å²) in [5, 5.41) is 9.23. The van der Waals surface area contributed by atoms with Crippen LogP contribution in [-0.4, -0.2) is 50.4 Å². The second-order valence-electron chi connectivity index (χ2n) is 7.10. The van der Waals surface area contributed by atoms with Gasteiger partial charge in [-0.05, 0) is 43.7 Å². The number of aromatic amines is 1. The number of carbonyl (C=O) groups is 2. The molecule has 1 saturated heterocycles. The number of nitrogens with zero attached hydrogens (tertiary/aromatic N) is 3. The summed E-state index contributed by atoms with van der Waals surface area (Å²) in [6.07, 6.45) is 3.06. The lowest BCUT2D eigenvalue weighted by Gasteiger charge is -2.32. The van der Waals surface area contributed by atoms with Gasteiger partial charge < -0.3 is 15.2 Å². The Labute approximate surface area is 165 Å². The number of carbonyl (C=O) groups excluding carboxylic acids is 2. The molecule has 0 saturated carbocycles. The lowest BCUT2D eigenvalue weighted by atomic mass is 10.0. The van der Waals surface area contributed by atoms with E-state index in [2.05, 4.69) is 15.4 Å². The van der Waals surface area contributed by atoms with Crippen molar-refractivity contribution in [1.82, 2.24) is 24.8 Å². The molecule has 1 fully saturated rings. The Kier molecular flexibility index (Phi) is 4.76. The summed E-state index contributed by atoms with van der Waals surface area (Å²) < 4.78 is 1.44. The fourth-order valence-electron chi connectivity index (χ4n) is 3.47. The Balaban J connectivity index is 1.40. The molecular formula is C19H21N5O3S. The first kappa shape index (κ1) is 18.4. The standard InChI is InChI=1S/C19H21N5O3S/c1-11-5-8-28-16(11)18(26)21-13-3-6-23(7-4-13)19(27)14-9-15-17(25)20-12(2)10-24(15)22-14/h5,8-10,13H,3-4,6-7H2,1-2H3,(H,20,25)(H,21,26). The van der Waals surface area contributed by atoms with Gasteiger partial charge in [-0.15, -0.1) is 11.3 Å². The molecule has 9 heteroatoms. The van der Waals surface area contributed by atoms with Crippen molar-refractivity contribution in [3.8, 4) is 0 Å². The summed E-state index contributed by atoms with van der Waals surface area (Å²) in [5.41, 5.74) is 2.00. The molecule has 3 aromatic rings. The fraction of sp³-hybridized carbons (Fsp3) is 0.368. The third-order valence-corrected chi connectivity index (χ3v) is 6.02. The predicted octanol–water partition coefficient (Wildman–Crippen LogP) is 1.74. The van der Waals surface area contributed by atoms with Crippen molar-refractivity contribution >= 4 is 28.7 Å². The van der Waals surface area contributed by atoms with E-state index in [1.54, 1.807) is 18.0 Å². The van der Waals surface area contributed by atoms with Gasteiger partial charge in [-0.1, -0.05) is 0 Å². The van der Waals surface area contributed by atoms with Crippen LogP contribution in [0, 0.1) is 13.8 Å². The topological polar surface area (TPSA) is 99.6 Å². The lowest BCUT2D eigenvalue weighted by Crippen LogP contribution is -2.46. The van der Waals surface area contributed by atoms with Crippen molar-refractivity contribution in [2.45, 2.75) is 32.7 Å². The minimum Gasteiger partial charge on any atom is -0.348 e. The number of aryl methyl sites for hydroxylation is 2. The van der Waals surface area contributed by atoms with E-state index in [0.29, 0.717) is 37.1 Å². The monoisotopic (exact) mass is 399 g/mol. The molecule has 8 nitrogen and oxygen atoms in total. The van der Waals surface area contributed by atoms with E-state index in [-0.39, 0.29) is 29.1 Å². The highest BCUT2D eigenvalue weighted by Crippen LogP contribution is 2.18. The van der Waals surface area contributed by atoms with Crippen LogP contribution < -0.4 is 10.9 Å². The van der Waals surface area contributed by atoms with Crippen LogP contribution in [0.15, 0.2) is 28.5 Å². The minimum absolute atomic E-state index is 0.0459. The maximum absolute atomic E-state index is 12.8. The summed E-state index contributed by atoms with van der Waals surface area (Å²) in [4.78, 5) is 42.3. The lowest BCUT2D eigenvalue weighted by molar-refractivity contribution is 0.0692. The van der Waals surface area contributed by atoms with E-state index in [1.165, 1.54) is 21.9 Å². The van der Waals surface area contributed by atoms with Crippen molar-refractivity contribution in [2.75, 3.05) is 13.1 Å². The van der Waals surface area contributed by atoms with E-state index < -0.39 is 0 Å². The van der Waals surface area contributed by atoms with Gasteiger partial charge in [0.15, 0.2) is 5.69 Å². The molecule has 0 aliphatic carbocycles. The number of thiophene rings is 1. The van der Waals surface area contributed by atoms with Crippen LogP contribution in [0.2, 0.25) is 0 Å². The van der Waals surface area contributed by atoms with Gasteiger partial charge in [-0.2, -0.15) is 5.10 Å². The van der Waals surface area contributed by atoms with Crippen molar-refractivity contribution in [3.63, 3.8) is 0 Å². The van der Waals surface area contributed by atoms with E-state index in [4.69, 9.17) is 0 Å². The second kappa shape index (κ2) is 7.23. The molecule has 0 atom stereocenters. The highest BCUT2D eigenvalue weighted by molar-refractivity contribution is 7.12. The first-order valence-corrected chi connectivity index (χ1v) is 10.0. The van der Waals surface area contributed by atoms with Gasteiger partial charge in [0.05, 0.1) is 4.88 Å². The molecule has 1 aliphatic rings. The predicted molar refractivity (Wildman–Crippen MR) is 106 cm³/mol. The number of piperidine rings is 1. The van der Waals surface area contributed by atoms with Crippen LogP contribution in [0.4, 0.5) is 0 Å². The Morgan fingerprint density at radius 1 is 1.29 bits per heavy atom. The number of rotatable bonds is 3. The first-order valence-electron chi connectivity index (χ1n) is 9.16. The number of hydrogen-bond acceptors (Lipinski definition) is 5. The molecule has 0 aromatic carbocycles. The minimum atomic E-state index is -0.267. The van der Waals surface area contributed by atoms with Gasteiger partial charge in [-0.3, -0.25) is 14.4 Å². The van der Waals surface area contributed by atoms with Gasteiger partial charge >= 0.3 is 0 Å². The highest BCUT2D eigenvalue weighted by atomic mass is 32.1. The molecule has 2 N–H and O–H groups in total. The van der Waals surface area contributed by atoms with Crippen LogP contribution in [-0.2, 0) is 0 Å². The molecule has 0 bridgehead atoms. The average Bonchev–Trinajstić information content (AvgIpc) is 3.28. The normalized spacial score (nSPS) is 15.1. The molecule has 4 heterocycles. The van der Waals surface area contributed by atoms with Crippen LogP contribution in [0.3, 0.4) is 0 Å². The number of fused-ring (bicyclic) bond motifs is 1. The van der Waals surface area contributed by atoms with Crippen LogP contribution in [0.1, 0.15) is 44.3 Å². The van der Waals surface area contributed by atoms with Gasteiger partial charge in [0, 0.05) is 37.1 Å². The van der Waals surface area contributed by atoms with Crippen LogP contribution >= 0.6 is 11.3 Å². The zero-order chi connectivity index (χ0) is 19.8. The Morgan fingerprint density at radius 2 is 2.04 bits per heavy atom. The maximum atomic E-state index is 12.8. The third-order valence-electron chi connectivity index (χ3n) is 5.00. The Hall–Kier alpha value is -2.94. The van der Waals surface area contributed by atoms with E-state index in [9.17, 15) is 14.4 Å². The quantitative estimate of drug-likeness (QED) is 0.701. The smallest absolute Gasteiger partial charge is 0.274 e. The van der Waals surface area contributed by atoms with Crippen molar-refractivity contribution in [3.05, 3.63) is 55.9 Å². The highest BCUT2D eigenvalue weighted by Gasteiger charge is 2.27. The summed E-state index contributed by atoms with van der Waals surface area (Å²) in [6.45, 7) is 4.77. The van der Waals surface area contributed by atoms with E-state index >= 15 is 0 Å². The van der Waals surface area contributed by atoms with Crippen molar-refractivity contribution in [2.24, 2.45) is 0 Å². The number of aromatic nitrogens is 3. The number of nitrogens with one attached hydrogen (secondary N) is 2. The summed E-state index contributed by atoms with van der Waals surface area (Å²) >= 11 is 1.44. The molecule has 0 radical (unpaired) electrons. The second-order valence-corrected chi connectivity index (χ2v) is 8.01. The molecule has 28 heavy (non-hydrogen) atoms. The van der Waals surface area contributed by atoms with Crippen molar-refractivity contribution < 1.29 is 9.59 Å². The Morgan fingerprint density at radius 3 is 2.71 bits per heavy atom. The molecule has 3 aromatic heterocycles. The molecule has 2 amide bonds. The van der Waals surface area contributed by atoms with Gasteiger partial charge in [0.2, 0.25) is 0 Å². The zero-order valence-corrected chi connectivity index (χ0v) is 16.5. The summed E-state index contributed by atoms with van der Waals surface area (Å²) in [7, 11) is 0. The maximum Gasteiger partial charge on any atom is 0.274 e. The molecular weight excluding hydrogens is 378 g/mol. The molecule has 0 spiro atoms. The van der Waals surface area contributed by atoms with E-state index in [1.807, 2.05) is 18.4 Å². The van der Waals surface area contributed by atoms with Crippen molar-refractivity contribution in [1.29, 1.82) is 0 Å². The molecule has 4 rings (SSSR count). The first-order chi connectivity index (χ1) is 13.4. The number of amides is 2. The summed E-state index contributed by atoms with van der Waals surface area (Å²) in [5.74, 6) is -0.244. The van der Waals surface area contributed by atoms with E-state index in [0.717, 1.165) is 10.4 Å².